The van der Waals surface area contributed by atoms with E-state index in [1.807, 2.05) is 0 Å². The van der Waals surface area contributed by atoms with Crippen molar-refractivity contribution >= 4 is 17.2 Å². The Labute approximate surface area is 78.9 Å². The molecular formula is C7H9N3O2S. The molecule has 1 fully saturated rings. The van der Waals surface area contributed by atoms with Gasteiger partial charge in [0.25, 0.3) is 5.91 Å². The summed E-state index contributed by atoms with van der Waals surface area (Å²) in [5.74, 6) is -0.526. The Balaban J connectivity index is 2.16. The number of rotatable bonds is 2. The molecule has 0 bridgehead atoms. The minimum atomic E-state index is -0.526. The zero-order valence-corrected chi connectivity index (χ0v) is 7.71. The predicted octanol–water partition coefficient (Wildman–Crippen LogP) is 0.488. The van der Waals surface area contributed by atoms with Crippen molar-refractivity contribution in [3.63, 3.8) is 0 Å². The van der Waals surface area contributed by atoms with Gasteiger partial charge in [0.2, 0.25) is 5.01 Å². The maximum absolute atomic E-state index is 10.7. The number of ether oxygens (including phenoxy) is 1. The van der Waals surface area contributed by atoms with E-state index in [0.717, 1.165) is 24.5 Å². The summed E-state index contributed by atoms with van der Waals surface area (Å²) in [4.78, 5) is 10.7. The molecule has 1 aromatic rings. The first-order valence-corrected chi connectivity index (χ1v) is 4.84. The van der Waals surface area contributed by atoms with E-state index in [9.17, 15) is 4.79 Å². The summed E-state index contributed by atoms with van der Waals surface area (Å²) in [5, 5.41) is 8.55. The highest BCUT2D eigenvalue weighted by Gasteiger charge is 2.22. The molecule has 2 rings (SSSR count). The van der Waals surface area contributed by atoms with Crippen molar-refractivity contribution in [3.8, 4) is 0 Å². The van der Waals surface area contributed by atoms with E-state index < -0.39 is 5.91 Å². The van der Waals surface area contributed by atoms with Gasteiger partial charge in [-0.05, 0) is 12.8 Å². The molecule has 1 atom stereocenters. The number of amides is 1. The van der Waals surface area contributed by atoms with Gasteiger partial charge in [0, 0.05) is 6.61 Å². The van der Waals surface area contributed by atoms with Crippen LogP contribution in [0.1, 0.15) is 33.8 Å². The van der Waals surface area contributed by atoms with Crippen LogP contribution in [0.3, 0.4) is 0 Å². The second-order valence-corrected chi connectivity index (χ2v) is 3.82. The molecule has 6 heteroatoms. The Kier molecular flexibility index (Phi) is 2.24. The molecule has 0 saturated carbocycles. The monoisotopic (exact) mass is 199 g/mol. The first kappa shape index (κ1) is 8.58. The summed E-state index contributed by atoms with van der Waals surface area (Å²) in [6, 6.07) is 0. The molecule has 1 saturated heterocycles. The average molecular weight is 199 g/mol. The van der Waals surface area contributed by atoms with Crippen molar-refractivity contribution in [2.24, 2.45) is 5.73 Å². The van der Waals surface area contributed by atoms with Gasteiger partial charge in [-0.1, -0.05) is 11.3 Å². The second-order valence-electron chi connectivity index (χ2n) is 2.81. The summed E-state index contributed by atoms with van der Waals surface area (Å²) < 4.78 is 5.39. The fraction of sp³-hybridized carbons (Fsp3) is 0.571. The van der Waals surface area contributed by atoms with Gasteiger partial charge in [0.05, 0.1) is 0 Å². The number of nitrogens with zero attached hydrogens (tertiary/aromatic N) is 2. The maximum atomic E-state index is 10.7. The van der Waals surface area contributed by atoms with E-state index in [4.69, 9.17) is 10.5 Å². The third-order valence-corrected chi connectivity index (χ3v) is 2.89. The van der Waals surface area contributed by atoms with Crippen LogP contribution < -0.4 is 5.73 Å². The number of aromatic nitrogens is 2. The zero-order chi connectivity index (χ0) is 9.26. The summed E-state index contributed by atoms with van der Waals surface area (Å²) in [7, 11) is 0. The van der Waals surface area contributed by atoms with E-state index in [1.165, 1.54) is 11.3 Å². The fourth-order valence-corrected chi connectivity index (χ4v) is 2.02. The molecule has 1 aliphatic heterocycles. The SMILES string of the molecule is NC(=O)c1nnc(C2CCCO2)s1. The number of hydrogen-bond donors (Lipinski definition) is 1. The first-order valence-electron chi connectivity index (χ1n) is 4.02. The van der Waals surface area contributed by atoms with E-state index in [1.54, 1.807) is 0 Å². The lowest BCUT2D eigenvalue weighted by atomic mass is 10.2. The molecule has 1 aromatic heterocycles. The fourth-order valence-electron chi connectivity index (χ4n) is 1.24. The highest BCUT2D eigenvalue weighted by molar-refractivity contribution is 7.13. The molecule has 2 N–H and O–H groups in total. The van der Waals surface area contributed by atoms with Crippen molar-refractivity contribution in [3.05, 3.63) is 10.0 Å². The van der Waals surface area contributed by atoms with E-state index in [0.29, 0.717) is 0 Å². The van der Waals surface area contributed by atoms with E-state index in [-0.39, 0.29) is 11.1 Å². The molecule has 2 heterocycles. The van der Waals surface area contributed by atoms with Crippen LogP contribution >= 0.6 is 11.3 Å². The molecule has 70 valence electrons. The number of primary amides is 1. The first-order chi connectivity index (χ1) is 6.27. The smallest absolute Gasteiger partial charge is 0.279 e. The quantitative estimate of drug-likeness (QED) is 0.751. The van der Waals surface area contributed by atoms with Gasteiger partial charge < -0.3 is 10.5 Å². The normalized spacial score (nSPS) is 22.0. The largest absolute Gasteiger partial charge is 0.371 e. The predicted molar refractivity (Wildman–Crippen MR) is 46.4 cm³/mol. The van der Waals surface area contributed by atoms with E-state index in [2.05, 4.69) is 10.2 Å². The highest BCUT2D eigenvalue weighted by atomic mass is 32.1. The van der Waals surface area contributed by atoms with Crippen LogP contribution in [-0.4, -0.2) is 22.7 Å². The summed E-state index contributed by atoms with van der Waals surface area (Å²) in [6.45, 7) is 0.760. The standard InChI is InChI=1S/C7H9N3O2S/c8-5(11)7-10-9-6(13-7)4-2-1-3-12-4/h4H,1-3H2,(H2,8,11). The van der Waals surface area contributed by atoms with Gasteiger partial charge in [0.15, 0.2) is 0 Å². The molecule has 13 heavy (non-hydrogen) atoms. The van der Waals surface area contributed by atoms with Gasteiger partial charge in [0.1, 0.15) is 11.1 Å². The molecular weight excluding hydrogens is 190 g/mol. The number of hydrogen-bond acceptors (Lipinski definition) is 5. The molecule has 1 unspecified atom stereocenters. The minimum absolute atomic E-state index is 0.0191. The third-order valence-electron chi connectivity index (χ3n) is 1.86. The lowest BCUT2D eigenvalue weighted by molar-refractivity contribution is 0.0999. The van der Waals surface area contributed by atoms with Crippen molar-refractivity contribution in [2.75, 3.05) is 6.61 Å². The van der Waals surface area contributed by atoms with Crippen molar-refractivity contribution in [1.29, 1.82) is 0 Å². The Bertz CT molecular complexity index is 319. The van der Waals surface area contributed by atoms with Gasteiger partial charge >= 0.3 is 0 Å². The lowest BCUT2D eigenvalue weighted by Gasteiger charge is -2.01. The van der Waals surface area contributed by atoms with Gasteiger partial charge in [-0.2, -0.15) is 0 Å². The van der Waals surface area contributed by atoms with Gasteiger partial charge in [-0.3, -0.25) is 4.79 Å². The molecule has 5 nitrogen and oxygen atoms in total. The Morgan fingerprint density at radius 2 is 2.46 bits per heavy atom. The van der Waals surface area contributed by atoms with Crippen molar-refractivity contribution in [1.82, 2.24) is 10.2 Å². The van der Waals surface area contributed by atoms with Crippen LogP contribution in [0.4, 0.5) is 0 Å². The van der Waals surface area contributed by atoms with E-state index >= 15 is 0 Å². The number of nitrogens with two attached hydrogens (primary N) is 1. The van der Waals surface area contributed by atoms with Crippen LogP contribution in [-0.2, 0) is 4.74 Å². The topological polar surface area (TPSA) is 78.1 Å². The molecule has 0 aromatic carbocycles. The molecule has 1 amide bonds. The van der Waals surface area contributed by atoms with Crippen LogP contribution in [0.5, 0.6) is 0 Å². The Morgan fingerprint density at radius 1 is 1.62 bits per heavy atom. The lowest BCUT2D eigenvalue weighted by Crippen LogP contribution is -2.10. The molecule has 0 radical (unpaired) electrons. The highest BCUT2D eigenvalue weighted by Crippen LogP contribution is 2.30. The molecule has 0 aliphatic carbocycles. The van der Waals surface area contributed by atoms with Crippen molar-refractivity contribution < 1.29 is 9.53 Å². The van der Waals surface area contributed by atoms with Crippen molar-refractivity contribution in [2.45, 2.75) is 18.9 Å². The number of carbonyl (C=O) groups excluding carboxylic acids is 1. The third kappa shape index (κ3) is 1.68. The zero-order valence-electron chi connectivity index (χ0n) is 6.90. The van der Waals surface area contributed by atoms with Gasteiger partial charge in [-0.15, -0.1) is 10.2 Å². The number of carbonyl (C=O) groups is 1. The minimum Gasteiger partial charge on any atom is -0.371 e. The Hall–Kier alpha value is -1.01. The van der Waals surface area contributed by atoms with Gasteiger partial charge in [-0.25, -0.2) is 0 Å². The maximum Gasteiger partial charge on any atom is 0.279 e. The van der Waals surface area contributed by atoms with Crippen LogP contribution in [0.25, 0.3) is 0 Å². The summed E-state index contributed by atoms with van der Waals surface area (Å²) in [5.41, 5.74) is 5.05. The van der Waals surface area contributed by atoms with Crippen LogP contribution in [0.15, 0.2) is 0 Å². The second kappa shape index (κ2) is 3.39. The summed E-state index contributed by atoms with van der Waals surface area (Å²) >= 11 is 1.22. The molecule has 0 spiro atoms. The van der Waals surface area contributed by atoms with Crippen LogP contribution in [0, 0.1) is 0 Å². The summed E-state index contributed by atoms with van der Waals surface area (Å²) in [6.07, 6.45) is 2.01. The average Bonchev–Trinajstić information content (AvgIpc) is 2.75. The Morgan fingerprint density at radius 3 is 3.00 bits per heavy atom. The van der Waals surface area contributed by atoms with Crippen LogP contribution in [0.2, 0.25) is 0 Å². The molecule has 1 aliphatic rings.